The molecule has 12 aromatic rings. The Morgan fingerprint density at radius 2 is 0.485 bits per heavy atom. The van der Waals surface area contributed by atoms with Gasteiger partial charge in [0.1, 0.15) is 68.2 Å². The molecule has 0 radical (unpaired) electrons. The largest absolute Gasteiger partial charge is 0.452 e. The SMILES string of the molecule is c1ccc(Oc2c(Oc3ccccc3)c(Oc3ccccc3)c3c4[nH]c(c3c2Oc2ccccc2)=Nc2[nH]c(c3ccccc23)N=c2[nH]c(c3ccccc23)=Nc2[nH]c(c3ccccc23)N=4)cc1. The summed E-state index contributed by atoms with van der Waals surface area (Å²) in [4.78, 5) is 35.8. The molecule has 1 aliphatic heterocycles. The van der Waals surface area contributed by atoms with E-state index in [1.807, 2.05) is 194 Å². The van der Waals surface area contributed by atoms with Crippen LogP contribution in [0, 0.1) is 0 Å². The second-order valence-electron chi connectivity index (χ2n) is 16.1. The van der Waals surface area contributed by atoms with Crippen LogP contribution < -0.4 is 40.9 Å². The maximum atomic E-state index is 7.07. The lowest BCUT2D eigenvalue weighted by atomic mass is 10.1. The molecule has 0 saturated carbocycles. The number of hydrogen-bond donors (Lipinski definition) is 4. The first-order chi connectivity index (χ1) is 33.7. The molecule has 68 heavy (non-hydrogen) atoms. The Kier molecular flexibility index (Phi) is 9.17. The van der Waals surface area contributed by atoms with E-state index in [9.17, 15) is 0 Å². The first-order valence-corrected chi connectivity index (χ1v) is 22.0. The standard InChI is InChI=1S/C56H36N8O4/c1-5-19-33(20-6-1)65-45-43-44(46(66-34-21-7-2-8-22-34)48(68-36-25-11-4-12-26-36)47(45)67-35-23-9-3-10-24-35)56-63-54-42-32-18-16-30-40(42)52(61-54)59-50-38-28-14-13-27-37(38)49(57-50)58-51-39-29-15-17-31-41(39)53(60-51)62-55(43)64-56/h1-32H,(H4,57,58,59,60,61,62,63,64). The van der Waals surface area contributed by atoms with Gasteiger partial charge in [0.05, 0.1) is 10.8 Å². The zero-order valence-corrected chi connectivity index (χ0v) is 35.9. The topological polar surface area (TPSA) is 150 Å². The highest BCUT2D eigenvalue weighted by Gasteiger charge is 2.31. The van der Waals surface area contributed by atoms with Gasteiger partial charge in [0.25, 0.3) is 0 Å². The van der Waals surface area contributed by atoms with Crippen molar-refractivity contribution in [1.29, 1.82) is 0 Å². The minimum absolute atomic E-state index is 0.239. The zero-order valence-electron chi connectivity index (χ0n) is 35.9. The Morgan fingerprint density at radius 3 is 0.809 bits per heavy atom. The van der Waals surface area contributed by atoms with Crippen LogP contribution in [0.15, 0.2) is 214 Å². The summed E-state index contributed by atoms with van der Waals surface area (Å²) in [6.45, 7) is 0. The molecule has 324 valence electrons. The van der Waals surface area contributed by atoms with Crippen LogP contribution >= 0.6 is 0 Å². The number of para-hydroxylation sites is 4. The number of nitrogens with one attached hydrogen (secondary N) is 4. The highest BCUT2D eigenvalue weighted by molar-refractivity contribution is 6.03. The zero-order chi connectivity index (χ0) is 45.0. The van der Waals surface area contributed by atoms with Gasteiger partial charge in [0.15, 0.2) is 11.5 Å². The molecule has 8 aromatic carbocycles. The van der Waals surface area contributed by atoms with E-state index in [2.05, 4.69) is 19.9 Å². The van der Waals surface area contributed by atoms with Crippen molar-refractivity contribution in [3.63, 3.8) is 0 Å². The van der Waals surface area contributed by atoms with E-state index in [4.69, 9.17) is 38.9 Å². The van der Waals surface area contributed by atoms with Gasteiger partial charge in [-0.2, -0.15) is 0 Å². The molecule has 0 aliphatic carbocycles. The number of H-pyrrole nitrogens is 4. The van der Waals surface area contributed by atoms with Crippen molar-refractivity contribution >= 4 is 66.4 Å². The van der Waals surface area contributed by atoms with Crippen LogP contribution in [0.3, 0.4) is 0 Å². The van der Waals surface area contributed by atoms with Crippen LogP contribution in [0.5, 0.6) is 46.0 Å². The van der Waals surface area contributed by atoms with Crippen molar-refractivity contribution in [2.75, 3.05) is 0 Å². The Bertz CT molecular complexity index is 3880. The van der Waals surface area contributed by atoms with Crippen LogP contribution in [0.4, 0.5) is 23.3 Å². The summed E-state index contributed by atoms with van der Waals surface area (Å²) in [5, 5.41) is 6.27. The lowest BCUT2D eigenvalue weighted by Crippen LogP contribution is -2.10. The molecular weight excluding hydrogens is 849 g/mol. The molecule has 12 nitrogen and oxygen atoms in total. The first kappa shape index (κ1) is 38.8. The summed E-state index contributed by atoms with van der Waals surface area (Å²) >= 11 is 0. The minimum Gasteiger partial charge on any atom is -0.452 e. The number of rotatable bonds is 8. The van der Waals surface area contributed by atoms with E-state index in [1.54, 1.807) is 0 Å². The molecule has 5 heterocycles. The monoisotopic (exact) mass is 884 g/mol. The first-order valence-electron chi connectivity index (χ1n) is 22.0. The van der Waals surface area contributed by atoms with Gasteiger partial charge in [0.2, 0.25) is 11.5 Å². The summed E-state index contributed by atoms with van der Waals surface area (Å²) < 4.78 is 28.1. The van der Waals surface area contributed by atoms with Crippen molar-refractivity contribution in [1.82, 2.24) is 19.9 Å². The predicted octanol–water partition coefficient (Wildman–Crippen LogP) is 12.9. The van der Waals surface area contributed by atoms with Crippen LogP contribution in [-0.2, 0) is 0 Å². The van der Waals surface area contributed by atoms with Crippen LogP contribution in [-0.4, -0.2) is 19.9 Å². The summed E-state index contributed by atoms with van der Waals surface area (Å²) in [7, 11) is 0. The average molecular weight is 885 g/mol. The van der Waals surface area contributed by atoms with E-state index in [-0.39, 0.29) is 11.5 Å². The molecule has 8 bridgehead atoms. The lowest BCUT2D eigenvalue weighted by molar-refractivity contribution is 0.370. The number of aromatic amines is 4. The van der Waals surface area contributed by atoms with E-state index < -0.39 is 0 Å². The second-order valence-corrected chi connectivity index (χ2v) is 16.1. The molecule has 0 saturated heterocycles. The van der Waals surface area contributed by atoms with Crippen molar-refractivity contribution in [3.05, 3.63) is 216 Å². The number of ether oxygens (including phenoxy) is 4. The van der Waals surface area contributed by atoms with Gasteiger partial charge in [-0.15, -0.1) is 0 Å². The van der Waals surface area contributed by atoms with E-state index in [0.29, 0.717) is 90.5 Å². The summed E-state index contributed by atoms with van der Waals surface area (Å²) in [5.41, 5.74) is 2.08. The number of benzene rings is 8. The summed E-state index contributed by atoms with van der Waals surface area (Å²) in [5.74, 6) is 5.54. The Labute approximate surface area is 385 Å². The van der Waals surface area contributed by atoms with E-state index in [0.717, 1.165) is 32.3 Å². The molecule has 0 fully saturated rings. The third-order valence-corrected chi connectivity index (χ3v) is 11.8. The number of hydrogen-bond acceptors (Lipinski definition) is 8. The normalized spacial score (nSPS) is 12.0. The Hall–Kier alpha value is -9.68. The third-order valence-electron chi connectivity index (χ3n) is 11.8. The highest BCUT2D eigenvalue weighted by Crippen LogP contribution is 2.55. The van der Waals surface area contributed by atoms with Crippen molar-refractivity contribution in [3.8, 4) is 46.0 Å². The van der Waals surface area contributed by atoms with Gasteiger partial charge in [-0.1, -0.05) is 146 Å². The second kappa shape index (κ2) is 16.1. The maximum absolute atomic E-state index is 7.07. The van der Waals surface area contributed by atoms with Crippen molar-refractivity contribution < 1.29 is 18.9 Å². The van der Waals surface area contributed by atoms with Crippen LogP contribution in [0.1, 0.15) is 0 Å². The third kappa shape index (κ3) is 6.79. The van der Waals surface area contributed by atoms with Crippen LogP contribution in [0.2, 0.25) is 0 Å². The molecule has 1 aliphatic rings. The summed E-state index contributed by atoms with van der Waals surface area (Å²) in [6, 6.07) is 62.2. The average Bonchev–Trinajstić information content (AvgIpc) is 4.13. The fourth-order valence-corrected chi connectivity index (χ4v) is 8.73. The minimum atomic E-state index is 0.239. The molecule has 0 unspecified atom stereocenters. The molecule has 13 rings (SSSR count). The van der Waals surface area contributed by atoms with Gasteiger partial charge in [-0.3, -0.25) is 0 Å². The van der Waals surface area contributed by atoms with Crippen molar-refractivity contribution in [2.45, 2.75) is 0 Å². The Morgan fingerprint density at radius 1 is 0.235 bits per heavy atom. The van der Waals surface area contributed by atoms with Crippen molar-refractivity contribution in [2.24, 2.45) is 20.0 Å². The molecule has 4 N–H and O–H groups in total. The quantitative estimate of drug-likeness (QED) is 0.120. The fraction of sp³-hybridized carbons (Fsp3) is 0. The van der Waals surface area contributed by atoms with Gasteiger partial charge in [-0.25, -0.2) is 20.0 Å². The fourth-order valence-electron chi connectivity index (χ4n) is 8.73. The highest BCUT2D eigenvalue weighted by atomic mass is 16.6. The predicted molar refractivity (Wildman–Crippen MR) is 263 cm³/mol. The Balaban J connectivity index is 1.24. The molecule has 4 aromatic heterocycles. The van der Waals surface area contributed by atoms with Gasteiger partial charge >= 0.3 is 0 Å². The molecule has 12 heteroatoms. The number of aromatic nitrogens is 4. The van der Waals surface area contributed by atoms with Gasteiger partial charge in [-0.05, 0) is 48.5 Å². The van der Waals surface area contributed by atoms with E-state index in [1.165, 1.54) is 0 Å². The van der Waals surface area contributed by atoms with E-state index >= 15 is 0 Å². The number of fused-ring (bicyclic) bond motifs is 20. The van der Waals surface area contributed by atoms with Gasteiger partial charge < -0.3 is 38.9 Å². The smallest absolute Gasteiger partial charge is 0.217 e. The summed E-state index contributed by atoms with van der Waals surface area (Å²) in [6.07, 6.45) is 0. The maximum Gasteiger partial charge on any atom is 0.217 e. The molecular formula is C56H36N8O4. The molecule has 0 atom stereocenters. The van der Waals surface area contributed by atoms with Crippen LogP contribution in [0.25, 0.3) is 43.1 Å². The molecule has 0 amide bonds. The number of nitrogens with zero attached hydrogens (tertiary/aromatic N) is 4. The lowest BCUT2D eigenvalue weighted by Gasteiger charge is -2.21. The molecule has 0 spiro atoms. The van der Waals surface area contributed by atoms with Gasteiger partial charge in [0, 0.05) is 32.3 Å².